The van der Waals surface area contributed by atoms with Crippen LogP contribution in [0, 0.1) is 10.1 Å². The number of aromatic carboxylic acids is 1. The Morgan fingerprint density at radius 1 is 1.07 bits per heavy atom. The van der Waals surface area contributed by atoms with Crippen LogP contribution < -0.4 is 0 Å². The maximum Gasteiger partial charge on any atom is 0.335 e. The van der Waals surface area contributed by atoms with Crippen molar-refractivity contribution in [2.45, 2.75) is 26.2 Å². The van der Waals surface area contributed by atoms with Crippen LogP contribution >= 0.6 is 0 Å². The molecule has 2 aromatic carbocycles. The smallest absolute Gasteiger partial charge is 0.335 e. The number of nitro groups is 1. The number of benzene rings is 2. The quantitative estimate of drug-likeness (QED) is 0.539. The Morgan fingerprint density at radius 3 is 2.26 bits per heavy atom. The minimum atomic E-state index is -1.25. The topological polar surface area (TPSA) is 119 Å². The van der Waals surface area contributed by atoms with Gasteiger partial charge >= 0.3 is 5.97 Å². The van der Waals surface area contributed by atoms with Crippen LogP contribution in [0.3, 0.4) is 0 Å². The zero-order valence-electron chi connectivity index (χ0n) is 15.0. The monoisotopic (exact) mass is 367 g/mol. The van der Waals surface area contributed by atoms with E-state index in [0.29, 0.717) is 5.56 Å². The zero-order valence-corrected chi connectivity index (χ0v) is 15.0. The van der Waals surface area contributed by atoms with Gasteiger partial charge < -0.3 is 9.52 Å². The number of rotatable bonds is 4. The summed E-state index contributed by atoms with van der Waals surface area (Å²) in [7, 11) is 0. The molecule has 1 heterocycles. The first-order valence-electron chi connectivity index (χ1n) is 8.13. The SMILES string of the molecule is CC(C)(C)c1ccc(-c2nnc(-c3ccc(C(=O)O)cc3[N+](=O)[O-])o2)cc1. The van der Waals surface area contributed by atoms with Crippen molar-refractivity contribution < 1.29 is 19.2 Å². The number of carbonyl (C=O) groups is 1. The highest BCUT2D eigenvalue weighted by Crippen LogP contribution is 2.32. The second-order valence-corrected chi connectivity index (χ2v) is 7.03. The summed E-state index contributed by atoms with van der Waals surface area (Å²) in [6.07, 6.45) is 0. The third kappa shape index (κ3) is 3.69. The maximum absolute atomic E-state index is 11.3. The average molecular weight is 367 g/mol. The molecule has 0 unspecified atom stereocenters. The molecule has 0 aliphatic carbocycles. The van der Waals surface area contributed by atoms with E-state index in [4.69, 9.17) is 9.52 Å². The van der Waals surface area contributed by atoms with Gasteiger partial charge in [0.05, 0.1) is 10.5 Å². The molecule has 0 saturated heterocycles. The molecule has 27 heavy (non-hydrogen) atoms. The number of aromatic nitrogens is 2. The predicted octanol–water partition coefficient (Wildman–Crippen LogP) is 4.31. The van der Waals surface area contributed by atoms with Crippen molar-refractivity contribution in [2.24, 2.45) is 0 Å². The lowest BCUT2D eigenvalue weighted by Crippen LogP contribution is -2.10. The molecule has 0 bridgehead atoms. The molecule has 0 aliphatic heterocycles. The Balaban J connectivity index is 1.99. The third-order valence-corrected chi connectivity index (χ3v) is 4.09. The predicted molar refractivity (Wildman–Crippen MR) is 97.5 cm³/mol. The lowest BCUT2D eigenvalue weighted by Gasteiger charge is -2.18. The van der Waals surface area contributed by atoms with E-state index in [1.54, 1.807) is 0 Å². The molecule has 3 rings (SSSR count). The number of nitro benzene ring substituents is 1. The van der Waals surface area contributed by atoms with Crippen LogP contribution in [-0.2, 0) is 5.41 Å². The van der Waals surface area contributed by atoms with Crippen molar-refractivity contribution >= 4 is 11.7 Å². The van der Waals surface area contributed by atoms with Gasteiger partial charge in [-0.15, -0.1) is 10.2 Å². The van der Waals surface area contributed by atoms with Crippen LogP contribution in [0.25, 0.3) is 22.9 Å². The van der Waals surface area contributed by atoms with Crippen molar-refractivity contribution in [3.63, 3.8) is 0 Å². The molecule has 8 nitrogen and oxygen atoms in total. The summed E-state index contributed by atoms with van der Waals surface area (Å²) in [4.78, 5) is 21.7. The highest BCUT2D eigenvalue weighted by molar-refractivity contribution is 5.90. The molecule has 0 amide bonds. The van der Waals surface area contributed by atoms with Crippen molar-refractivity contribution in [1.82, 2.24) is 10.2 Å². The van der Waals surface area contributed by atoms with E-state index in [1.807, 2.05) is 24.3 Å². The summed E-state index contributed by atoms with van der Waals surface area (Å²) in [5, 5.41) is 28.2. The second-order valence-electron chi connectivity index (χ2n) is 7.03. The number of hydrogen-bond donors (Lipinski definition) is 1. The molecule has 1 N–H and O–H groups in total. The minimum Gasteiger partial charge on any atom is -0.478 e. The van der Waals surface area contributed by atoms with Crippen molar-refractivity contribution in [2.75, 3.05) is 0 Å². The van der Waals surface area contributed by atoms with Gasteiger partial charge in [0.15, 0.2) is 0 Å². The van der Waals surface area contributed by atoms with Crippen LogP contribution in [-0.4, -0.2) is 26.2 Å². The fourth-order valence-electron chi connectivity index (χ4n) is 2.56. The van der Waals surface area contributed by atoms with Crippen LogP contribution in [0.2, 0.25) is 0 Å². The molecule has 138 valence electrons. The van der Waals surface area contributed by atoms with E-state index < -0.39 is 16.6 Å². The number of hydrogen-bond acceptors (Lipinski definition) is 6. The van der Waals surface area contributed by atoms with Gasteiger partial charge in [-0.2, -0.15) is 0 Å². The van der Waals surface area contributed by atoms with Crippen molar-refractivity contribution in [3.8, 4) is 22.9 Å². The van der Waals surface area contributed by atoms with Gasteiger partial charge in [-0.25, -0.2) is 4.79 Å². The maximum atomic E-state index is 11.3. The van der Waals surface area contributed by atoms with E-state index in [-0.39, 0.29) is 28.3 Å². The number of carboxylic acids is 1. The number of nitrogens with zero attached hydrogens (tertiary/aromatic N) is 3. The molecule has 0 radical (unpaired) electrons. The van der Waals surface area contributed by atoms with Crippen LogP contribution in [0.5, 0.6) is 0 Å². The Morgan fingerprint density at radius 2 is 1.70 bits per heavy atom. The zero-order chi connectivity index (χ0) is 19.8. The fraction of sp³-hybridized carbons (Fsp3) is 0.211. The lowest BCUT2D eigenvalue weighted by molar-refractivity contribution is -0.384. The summed E-state index contributed by atoms with van der Waals surface area (Å²) < 4.78 is 5.60. The lowest BCUT2D eigenvalue weighted by atomic mass is 9.87. The van der Waals surface area contributed by atoms with Gasteiger partial charge in [0.2, 0.25) is 5.89 Å². The van der Waals surface area contributed by atoms with Crippen LogP contribution in [0.1, 0.15) is 36.7 Å². The Bertz CT molecular complexity index is 1020. The molecule has 0 fully saturated rings. The van der Waals surface area contributed by atoms with E-state index in [9.17, 15) is 14.9 Å². The van der Waals surface area contributed by atoms with E-state index in [2.05, 4.69) is 31.0 Å². The summed E-state index contributed by atoms with van der Waals surface area (Å²) in [5.74, 6) is -1.08. The van der Waals surface area contributed by atoms with Gasteiger partial charge in [0.1, 0.15) is 5.56 Å². The molecule has 3 aromatic rings. The molecule has 8 heteroatoms. The molecular weight excluding hydrogens is 350 g/mol. The van der Waals surface area contributed by atoms with Gasteiger partial charge in [0, 0.05) is 11.6 Å². The molecule has 0 atom stereocenters. The Hall–Kier alpha value is -3.55. The fourth-order valence-corrected chi connectivity index (χ4v) is 2.56. The summed E-state index contributed by atoms with van der Waals surface area (Å²) in [5.41, 5.74) is 1.30. The largest absolute Gasteiger partial charge is 0.478 e. The van der Waals surface area contributed by atoms with Crippen molar-refractivity contribution in [1.29, 1.82) is 0 Å². The van der Waals surface area contributed by atoms with E-state index in [0.717, 1.165) is 11.6 Å². The van der Waals surface area contributed by atoms with E-state index in [1.165, 1.54) is 12.1 Å². The van der Waals surface area contributed by atoms with Gasteiger partial charge in [-0.05, 0) is 35.2 Å². The first kappa shape index (κ1) is 18.2. The standard InChI is InChI=1S/C19H17N3O5/c1-19(2,3)13-7-4-11(5-8-13)16-20-21-17(27-16)14-9-6-12(18(23)24)10-15(14)22(25)26/h4-10H,1-3H3,(H,23,24). The van der Waals surface area contributed by atoms with Gasteiger partial charge in [-0.3, -0.25) is 10.1 Å². The second kappa shape index (κ2) is 6.64. The van der Waals surface area contributed by atoms with Crippen LogP contribution in [0.4, 0.5) is 5.69 Å². The summed E-state index contributed by atoms with van der Waals surface area (Å²) in [6.45, 7) is 6.31. The molecule has 0 saturated carbocycles. The Labute approximate surface area is 154 Å². The third-order valence-electron chi connectivity index (χ3n) is 4.09. The molecule has 1 aromatic heterocycles. The van der Waals surface area contributed by atoms with E-state index >= 15 is 0 Å². The first-order valence-corrected chi connectivity index (χ1v) is 8.13. The molecule has 0 spiro atoms. The first-order chi connectivity index (χ1) is 12.7. The van der Waals surface area contributed by atoms with Gasteiger partial charge in [-0.1, -0.05) is 32.9 Å². The molecular formula is C19H17N3O5. The minimum absolute atomic E-state index is 0.00499. The summed E-state index contributed by atoms with van der Waals surface area (Å²) in [6, 6.07) is 11.1. The molecule has 0 aliphatic rings. The summed E-state index contributed by atoms with van der Waals surface area (Å²) >= 11 is 0. The van der Waals surface area contributed by atoms with Crippen LogP contribution in [0.15, 0.2) is 46.9 Å². The average Bonchev–Trinajstić information content (AvgIpc) is 3.10. The van der Waals surface area contributed by atoms with Crippen molar-refractivity contribution in [3.05, 3.63) is 63.7 Å². The highest BCUT2D eigenvalue weighted by atomic mass is 16.6. The van der Waals surface area contributed by atoms with Gasteiger partial charge in [0.25, 0.3) is 11.6 Å². The highest BCUT2D eigenvalue weighted by Gasteiger charge is 2.23. The normalized spacial score (nSPS) is 11.4. The number of carboxylic acid groups (broad SMARTS) is 1. The Kier molecular flexibility index (Phi) is 4.49.